The van der Waals surface area contributed by atoms with Crippen LogP contribution in [0.1, 0.15) is 31.4 Å². The molecule has 0 aliphatic rings. The van der Waals surface area contributed by atoms with E-state index in [9.17, 15) is 4.79 Å². The standard InChI is InChI=1S/C14H20O3/c1-4-11(2)17-10-13-8-6-5-7-12(13)9-14(15)16-3/h5-8,11H,4,9-10H2,1-3H3. The quantitative estimate of drug-likeness (QED) is 0.712. The highest BCUT2D eigenvalue weighted by Gasteiger charge is 2.08. The Kier molecular flexibility index (Phi) is 5.70. The van der Waals surface area contributed by atoms with Crippen LogP contribution < -0.4 is 0 Å². The maximum Gasteiger partial charge on any atom is 0.309 e. The molecule has 1 aromatic carbocycles. The van der Waals surface area contributed by atoms with Crippen molar-refractivity contribution in [1.82, 2.24) is 0 Å². The van der Waals surface area contributed by atoms with Crippen molar-refractivity contribution >= 4 is 5.97 Å². The van der Waals surface area contributed by atoms with Crippen molar-refractivity contribution in [3.05, 3.63) is 35.4 Å². The first-order valence-electron chi connectivity index (χ1n) is 5.92. The number of hydrogen-bond donors (Lipinski definition) is 0. The van der Waals surface area contributed by atoms with Gasteiger partial charge >= 0.3 is 5.97 Å². The van der Waals surface area contributed by atoms with Crippen LogP contribution in [0, 0.1) is 0 Å². The predicted octanol–water partition coefficient (Wildman–Crippen LogP) is 2.72. The highest BCUT2D eigenvalue weighted by molar-refractivity contribution is 5.72. The van der Waals surface area contributed by atoms with Gasteiger partial charge in [0.05, 0.1) is 26.2 Å². The second kappa shape index (κ2) is 7.07. The van der Waals surface area contributed by atoms with Crippen LogP contribution in [0.5, 0.6) is 0 Å². The Morgan fingerprint density at radius 2 is 1.94 bits per heavy atom. The minimum Gasteiger partial charge on any atom is -0.469 e. The summed E-state index contributed by atoms with van der Waals surface area (Å²) in [7, 11) is 1.40. The van der Waals surface area contributed by atoms with Gasteiger partial charge in [0.1, 0.15) is 0 Å². The molecule has 1 aromatic rings. The van der Waals surface area contributed by atoms with Crippen LogP contribution >= 0.6 is 0 Å². The molecule has 1 unspecified atom stereocenters. The number of ether oxygens (including phenoxy) is 2. The first-order chi connectivity index (χ1) is 8.17. The number of esters is 1. The lowest BCUT2D eigenvalue weighted by Crippen LogP contribution is -2.10. The van der Waals surface area contributed by atoms with Crippen molar-refractivity contribution in [2.24, 2.45) is 0 Å². The van der Waals surface area contributed by atoms with Crippen LogP contribution in [-0.2, 0) is 27.3 Å². The van der Waals surface area contributed by atoms with Gasteiger partial charge < -0.3 is 9.47 Å². The number of rotatable bonds is 6. The summed E-state index contributed by atoms with van der Waals surface area (Å²) < 4.78 is 10.4. The van der Waals surface area contributed by atoms with Gasteiger partial charge in [-0.05, 0) is 24.5 Å². The summed E-state index contributed by atoms with van der Waals surface area (Å²) in [6.07, 6.45) is 1.52. The van der Waals surface area contributed by atoms with Crippen LogP contribution in [0.15, 0.2) is 24.3 Å². The molecule has 94 valence electrons. The van der Waals surface area contributed by atoms with Crippen LogP contribution in [0.2, 0.25) is 0 Å². The molecule has 0 heterocycles. The minimum atomic E-state index is -0.221. The Balaban J connectivity index is 2.67. The topological polar surface area (TPSA) is 35.5 Å². The monoisotopic (exact) mass is 236 g/mol. The van der Waals surface area contributed by atoms with E-state index in [1.807, 2.05) is 31.2 Å². The Morgan fingerprint density at radius 1 is 1.29 bits per heavy atom. The molecule has 0 saturated carbocycles. The van der Waals surface area contributed by atoms with Gasteiger partial charge in [-0.15, -0.1) is 0 Å². The number of benzene rings is 1. The molecule has 0 bridgehead atoms. The molecule has 0 aliphatic heterocycles. The fourth-order valence-electron chi connectivity index (χ4n) is 1.45. The van der Waals surface area contributed by atoms with E-state index in [1.165, 1.54) is 7.11 Å². The third kappa shape index (κ3) is 4.57. The van der Waals surface area contributed by atoms with E-state index in [4.69, 9.17) is 4.74 Å². The third-order valence-corrected chi connectivity index (χ3v) is 2.78. The van der Waals surface area contributed by atoms with Gasteiger partial charge in [-0.25, -0.2) is 0 Å². The maximum absolute atomic E-state index is 11.3. The van der Waals surface area contributed by atoms with Crippen LogP contribution in [0.25, 0.3) is 0 Å². The molecule has 0 aromatic heterocycles. The number of methoxy groups -OCH3 is 1. The van der Waals surface area contributed by atoms with Gasteiger partial charge in [-0.2, -0.15) is 0 Å². The average molecular weight is 236 g/mol. The van der Waals surface area contributed by atoms with Gasteiger partial charge in [0, 0.05) is 0 Å². The van der Waals surface area contributed by atoms with E-state index < -0.39 is 0 Å². The van der Waals surface area contributed by atoms with Gasteiger partial charge in [-0.3, -0.25) is 4.79 Å². The van der Waals surface area contributed by atoms with Crippen molar-refractivity contribution in [3.63, 3.8) is 0 Å². The second-order valence-corrected chi connectivity index (χ2v) is 4.05. The van der Waals surface area contributed by atoms with E-state index >= 15 is 0 Å². The van der Waals surface area contributed by atoms with Gasteiger partial charge in [-0.1, -0.05) is 31.2 Å². The summed E-state index contributed by atoms with van der Waals surface area (Å²) in [5.41, 5.74) is 2.03. The lowest BCUT2D eigenvalue weighted by Gasteiger charge is -2.13. The molecule has 17 heavy (non-hydrogen) atoms. The maximum atomic E-state index is 11.3. The normalized spacial score (nSPS) is 12.2. The summed E-state index contributed by atoms with van der Waals surface area (Å²) in [6, 6.07) is 7.80. The molecule has 0 aliphatic carbocycles. The molecule has 0 spiro atoms. The molecule has 0 fully saturated rings. The Labute approximate surface area is 103 Å². The highest BCUT2D eigenvalue weighted by atomic mass is 16.5. The molecule has 3 heteroatoms. The molecular formula is C14H20O3. The Bertz CT molecular complexity index is 360. The summed E-state index contributed by atoms with van der Waals surface area (Å²) in [5.74, 6) is -0.221. The first-order valence-corrected chi connectivity index (χ1v) is 5.92. The molecule has 0 N–H and O–H groups in total. The molecule has 0 saturated heterocycles. The van der Waals surface area contributed by atoms with Crippen LogP contribution in [0.4, 0.5) is 0 Å². The zero-order valence-electron chi connectivity index (χ0n) is 10.7. The zero-order valence-corrected chi connectivity index (χ0v) is 10.7. The average Bonchev–Trinajstić information content (AvgIpc) is 2.37. The van der Waals surface area contributed by atoms with E-state index in [1.54, 1.807) is 0 Å². The molecule has 3 nitrogen and oxygen atoms in total. The SMILES string of the molecule is CCC(C)OCc1ccccc1CC(=O)OC. The van der Waals surface area contributed by atoms with Crippen molar-refractivity contribution < 1.29 is 14.3 Å². The van der Waals surface area contributed by atoms with E-state index in [0.29, 0.717) is 13.0 Å². The van der Waals surface area contributed by atoms with Gasteiger partial charge in [0.2, 0.25) is 0 Å². The lowest BCUT2D eigenvalue weighted by molar-refractivity contribution is -0.139. The summed E-state index contributed by atoms with van der Waals surface area (Å²) in [5, 5.41) is 0. The summed E-state index contributed by atoms with van der Waals surface area (Å²) in [6.45, 7) is 4.68. The number of hydrogen-bond acceptors (Lipinski definition) is 3. The summed E-state index contributed by atoms with van der Waals surface area (Å²) in [4.78, 5) is 11.3. The Morgan fingerprint density at radius 3 is 2.53 bits per heavy atom. The van der Waals surface area contributed by atoms with Crippen molar-refractivity contribution in [1.29, 1.82) is 0 Å². The van der Waals surface area contributed by atoms with E-state index in [2.05, 4.69) is 11.7 Å². The number of carbonyl (C=O) groups excluding carboxylic acids is 1. The van der Waals surface area contributed by atoms with Crippen molar-refractivity contribution in [3.8, 4) is 0 Å². The molecule has 1 rings (SSSR count). The molecule has 0 amide bonds. The molecule has 1 atom stereocenters. The van der Waals surface area contributed by atoms with Crippen molar-refractivity contribution in [2.45, 2.75) is 39.4 Å². The Hall–Kier alpha value is -1.35. The first kappa shape index (κ1) is 13.7. The number of carbonyl (C=O) groups is 1. The van der Waals surface area contributed by atoms with E-state index in [0.717, 1.165) is 17.5 Å². The minimum absolute atomic E-state index is 0.221. The largest absolute Gasteiger partial charge is 0.469 e. The summed E-state index contributed by atoms with van der Waals surface area (Å²) >= 11 is 0. The fraction of sp³-hybridized carbons (Fsp3) is 0.500. The second-order valence-electron chi connectivity index (χ2n) is 4.05. The van der Waals surface area contributed by atoms with E-state index in [-0.39, 0.29) is 12.1 Å². The van der Waals surface area contributed by atoms with Crippen LogP contribution in [-0.4, -0.2) is 19.2 Å². The molecule has 0 radical (unpaired) electrons. The fourth-order valence-corrected chi connectivity index (χ4v) is 1.45. The third-order valence-electron chi connectivity index (χ3n) is 2.78. The van der Waals surface area contributed by atoms with Crippen molar-refractivity contribution in [2.75, 3.05) is 7.11 Å². The lowest BCUT2D eigenvalue weighted by atomic mass is 10.1. The van der Waals surface area contributed by atoms with Gasteiger partial charge in [0.15, 0.2) is 0 Å². The smallest absolute Gasteiger partial charge is 0.309 e. The van der Waals surface area contributed by atoms with Crippen LogP contribution in [0.3, 0.4) is 0 Å². The molecular weight excluding hydrogens is 216 g/mol. The predicted molar refractivity (Wildman–Crippen MR) is 66.7 cm³/mol. The highest BCUT2D eigenvalue weighted by Crippen LogP contribution is 2.13. The van der Waals surface area contributed by atoms with Gasteiger partial charge in [0.25, 0.3) is 0 Å². The zero-order chi connectivity index (χ0) is 12.7.